The topological polar surface area (TPSA) is 26.3 Å². The summed E-state index contributed by atoms with van der Waals surface area (Å²) >= 11 is 0. The second-order valence-electron chi connectivity index (χ2n) is 7.64. The average Bonchev–Trinajstić information content (AvgIpc) is 2.80. The van der Waals surface area contributed by atoms with Gasteiger partial charge in [-0.1, -0.05) is 67.8 Å². The van der Waals surface area contributed by atoms with E-state index in [4.69, 9.17) is 4.74 Å². The molecule has 0 spiro atoms. The molecule has 0 radical (unpaired) electrons. The smallest absolute Gasteiger partial charge is 0.185 e. The minimum Gasteiger partial charge on any atom is -0.457 e. The summed E-state index contributed by atoms with van der Waals surface area (Å²) in [6.07, 6.45) is 10.2. The highest BCUT2D eigenvalue weighted by Crippen LogP contribution is 2.32. The largest absolute Gasteiger partial charge is 0.457 e. The van der Waals surface area contributed by atoms with E-state index in [1.807, 2.05) is 48.5 Å². The molecule has 1 aliphatic carbocycles. The van der Waals surface area contributed by atoms with Crippen molar-refractivity contribution in [2.24, 2.45) is 0 Å². The molecule has 0 atom stereocenters. The third-order valence-corrected chi connectivity index (χ3v) is 5.56. The number of allylic oxidation sites excluding steroid dienone is 1. The van der Waals surface area contributed by atoms with Gasteiger partial charge in [-0.05, 0) is 72.4 Å². The number of rotatable bonds is 6. The van der Waals surface area contributed by atoms with Crippen molar-refractivity contribution in [3.63, 3.8) is 0 Å². The Balaban J connectivity index is 1.36. The summed E-state index contributed by atoms with van der Waals surface area (Å²) in [5.41, 5.74) is 3.14. The number of hydrogen-bond acceptors (Lipinski definition) is 2. The fourth-order valence-electron chi connectivity index (χ4n) is 3.90. The van der Waals surface area contributed by atoms with Gasteiger partial charge in [-0.25, -0.2) is 0 Å². The van der Waals surface area contributed by atoms with Gasteiger partial charge in [0.25, 0.3) is 0 Å². The van der Waals surface area contributed by atoms with Gasteiger partial charge in [-0.15, -0.1) is 0 Å². The molecule has 0 aromatic heterocycles. The van der Waals surface area contributed by atoms with Crippen molar-refractivity contribution in [3.8, 4) is 11.5 Å². The summed E-state index contributed by atoms with van der Waals surface area (Å²) in [5, 5.41) is 0. The number of hydrogen-bond donors (Lipinski definition) is 0. The van der Waals surface area contributed by atoms with Gasteiger partial charge in [0.05, 0.1) is 0 Å². The fraction of sp³-hybridized carbons (Fsp3) is 0.222. The molecule has 2 heteroatoms. The van der Waals surface area contributed by atoms with Crippen molar-refractivity contribution in [1.29, 1.82) is 0 Å². The highest BCUT2D eigenvalue weighted by molar-refractivity contribution is 6.06. The highest BCUT2D eigenvalue weighted by Gasteiger charge is 2.14. The van der Waals surface area contributed by atoms with E-state index < -0.39 is 0 Å². The molecule has 4 rings (SSSR count). The first-order chi connectivity index (χ1) is 14.3. The summed E-state index contributed by atoms with van der Waals surface area (Å²) in [7, 11) is 0. The minimum absolute atomic E-state index is 0.00684. The van der Waals surface area contributed by atoms with Crippen LogP contribution in [-0.4, -0.2) is 5.78 Å². The Kier molecular flexibility index (Phi) is 6.21. The van der Waals surface area contributed by atoms with Gasteiger partial charge >= 0.3 is 0 Å². The van der Waals surface area contributed by atoms with Crippen LogP contribution < -0.4 is 4.74 Å². The van der Waals surface area contributed by atoms with Crippen LogP contribution in [0.3, 0.4) is 0 Å². The Morgan fingerprint density at radius 1 is 0.759 bits per heavy atom. The van der Waals surface area contributed by atoms with E-state index in [9.17, 15) is 4.79 Å². The van der Waals surface area contributed by atoms with E-state index in [2.05, 4.69) is 24.3 Å². The standard InChI is InChI=1S/C27H26O2/c28-27(24-16-18-26(19-17-24)29-25-9-5-2-6-10-25)20-13-21-11-14-23(15-12-21)22-7-3-1-4-8-22/h2,5-6,9-20,22H,1,3-4,7-8H2/b20-13+. The van der Waals surface area contributed by atoms with Crippen LogP contribution in [-0.2, 0) is 0 Å². The maximum atomic E-state index is 12.5. The van der Waals surface area contributed by atoms with Gasteiger partial charge in [0, 0.05) is 5.56 Å². The second kappa shape index (κ2) is 9.38. The maximum absolute atomic E-state index is 12.5. The van der Waals surface area contributed by atoms with Crippen LogP contribution in [0.2, 0.25) is 0 Å². The second-order valence-corrected chi connectivity index (χ2v) is 7.64. The number of carbonyl (C=O) groups is 1. The monoisotopic (exact) mass is 382 g/mol. The lowest BCUT2D eigenvalue weighted by molar-refractivity contribution is 0.104. The molecule has 0 N–H and O–H groups in total. The predicted octanol–water partition coefficient (Wildman–Crippen LogP) is 7.42. The van der Waals surface area contributed by atoms with E-state index in [0.717, 1.165) is 17.1 Å². The summed E-state index contributed by atoms with van der Waals surface area (Å²) in [5.74, 6) is 2.20. The van der Waals surface area contributed by atoms with Crippen LogP contribution in [0.25, 0.3) is 6.08 Å². The van der Waals surface area contributed by atoms with Crippen LogP contribution in [0.15, 0.2) is 84.9 Å². The highest BCUT2D eigenvalue weighted by atomic mass is 16.5. The molecule has 0 heterocycles. The first-order valence-electron chi connectivity index (χ1n) is 10.4. The molecule has 1 fully saturated rings. The quantitative estimate of drug-likeness (QED) is 0.327. The van der Waals surface area contributed by atoms with Gasteiger partial charge in [-0.3, -0.25) is 4.79 Å². The van der Waals surface area contributed by atoms with Gasteiger partial charge < -0.3 is 4.74 Å². The third kappa shape index (κ3) is 5.23. The Hall–Kier alpha value is -3.13. The molecule has 3 aromatic rings. The van der Waals surface area contributed by atoms with Crippen LogP contribution in [0, 0.1) is 0 Å². The van der Waals surface area contributed by atoms with E-state index in [0.29, 0.717) is 11.5 Å². The van der Waals surface area contributed by atoms with Crippen molar-refractivity contribution >= 4 is 11.9 Å². The summed E-state index contributed by atoms with van der Waals surface area (Å²) in [4.78, 5) is 12.5. The first-order valence-corrected chi connectivity index (χ1v) is 10.4. The maximum Gasteiger partial charge on any atom is 0.185 e. The SMILES string of the molecule is O=C(/C=C/c1ccc(C2CCCCC2)cc1)c1ccc(Oc2ccccc2)cc1. The molecule has 2 nitrogen and oxygen atoms in total. The molecule has 0 amide bonds. The molecule has 1 aliphatic rings. The normalized spacial score (nSPS) is 14.8. The van der Waals surface area contributed by atoms with E-state index in [-0.39, 0.29) is 5.78 Å². The lowest BCUT2D eigenvalue weighted by atomic mass is 9.84. The molecular formula is C27H26O2. The predicted molar refractivity (Wildman–Crippen MR) is 119 cm³/mol. The van der Waals surface area contributed by atoms with Crippen LogP contribution in [0.5, 0.6) is 11.5 Å². The Morgan fingerprint density at radius 3 is 2.10 bits per heavy atom. The van der Waals surface area contributed by atoms with Gasteiger partial charge in [-0.2, -0.15) is 0 Å². The molecule has 29 heavy (non-hydrogen) atoms. The zero-order valence-electron chi connectivity index (χ0n) is 16.6. The average molecular weight is 383 g/mol. The van der Waals surface area contributed by atoms with Crippen LogP contribution >= 0.6 is 0 Å². The third-order valence-electron chi connectivity index (χ3n) is 5.56. The first kappa shape index (κ1) is 19.2. The minimum atomic E-state index is -0.00684. The lowest BCUT2D eigenvalue weighted by Crippen LogP contribution is -2.04. The molecular weight excluding hydrogens is 356 g/mol. The molecule has 0 saturated heterocycles. The van der Waals surface area contributed by atoms with Crippen LogP contribution in [0.1, 0.15) is 59.5 Å². The molecule has 0 bridgehead atoms. The Morgan fingerprint density at radius 2 is 1.41 bits per heavy atom. The van der Waals surface area contributed by atoms with Gasteiger partial charge in [0.15, 0.2) is 5.78 Å². The number of ether oxygens (including phenoxy) is 1. The summed E-state index contributed by atoms with van der Waals surface area (Å²) in [6.45, 7) is 0. The lowest BCUT2D eigenvalue weighted by Gasteiger charge is -2.21. The van der Waals surface area contributed by atoms with Crippen molar-refractivity contribution < 1.29 is 9.53 Å². The van der Waals surface area contributed by atoms with Crippen molar-refractivity contribution in [2.75, 3.05) is 0 Å². The van der Waals surface area contributed by atoms with Crippen molar-refractivity contribution in [2.45, 2.75) is 38.0 Å². The number of carbonyl (C=O) groups excluding carboxylic acids is 1. The Labute approximate surface area is 172 Å². The van der Waals surface area contributed by atoms with E-state index >= 15 is 0 Å². The zero-order chi connectivity index (χ0) is 19.9. The van der Waals surface area contributed by atoms with Crippen molar-refractivity contribution in [3.05, 3.63) is 102 Å². The molecule has 0 unspecified atom stereocenters. The molecule has 1 saturated carbocycles. The van der Waals surface area contributed by atoms with Gasteiger partial charge in [0.2, 0.25) is 0 Å². The van der Waals surface area contributed by atoms with Crippen molar-refractivity contribution in [1.82, 2.24) is 0 Å². The Bertz CT molecular complexity index is 948. The number of para-hydroxylation sites is 1. The van der Waals surface area contributed by atoms with Gasteiger partial charge in [0.1, 0.15) is 11.5 Å². The molecule has 3 aromatic carbocycles. The summed E-state index contributed by atoms with van der Waals surface area (Å²) < 4.78 is 5.77. The van der Waals surface area contributed by atoms with Crippen LogP contribution in [0.4, 0.5) is 0 Å². The van der Waals surface area contributed by atoms with E-state index in [1.165, 1.54) is 37.7 Å². The summed E-state index contributed by atoms with van der Waals surface area (Å²) in [6, 6.07) is 25.5. The number of ketones is 1. The molecule has 146 valence electrons. The zero-order valence-corrected chi connectivity index (χ0v) is 16.6. The fourth-order valence-corrected chi connectivity index (χ4v) is 3.90. The van der Waals surface area contributed by atoms with E-state index in [1.54, 1.807) is 18.2 Å². The molecule has 0 aliphatic heterocycles. The number of benzene rings is 3.